The number of nitro groups is 1. The zero-order chi connectivity index (χ0) is 17.9. The second-order valence-electron chi connectivity index (χ2n) is 5.92. The number of benzene rings is 2. The molecule has 0 atom stereocenters. The number of esters is 1. The van der Waals surface area contributed by atoms with E-state index in [2.05, 4.69) is 21.2 Å². The van der Waals surface area contributed by atoms with E-state index in [9.17, 15) is 14.9 Å². The van der Waals surface area contributed by atoms with Gasteiger partial charge >= 0.3 is 5.97 Å². The van der Waals surface area contributed by atoms with E-state index >= 15 is 0 Å². The number of nitrogens with zero attached hydrogens (tertiary/aromatic N) is 1. The molecule has 0 aromatic heterocycles. The van der Waals surface area contributed by atoms with E-state index in [0.717, 1.165) is 5.56 Å². The molecule has 2 aromatic carbocycles. The average molecular weight is 405 g/mol. The molecule has 1 saturated heterocycles. The maximum atomic E-state index is 12.8. The first-order valence-electron chi connectivity index (χ1n) is 7.95. The fourth-order valence-electron chi connectivity index (χ4n) is 3.08. The fourth-order valence-corrected chi connectivity index (χ4v) is 3.43. The summed E-state index contributed by atoms with van der Waals surface area (Å²) in [5.41, 5.74) is -0.173. The smallest absolute Gasteiger partial charge is 0.346 e. The van der Waals surface area contributed by atoms with Gasteiger partial charge in [0.15, 0.2) is 0 Å². The molecule has 0 bridgehead atoms. The topological polar surface area (TPSA) is 81.5 Å². The second kappa shape index (κ2) is 7.33. The van der Waals surface area contributed by atoms with Crippen molar-refractivity contribution in [1.82, 2.24) is 5.32 Å². The highest BCUT2D eigenvalue weighted by Gasteiger charge is 2.39. The summed E-state index contributed by atoms with van der Waals surface area (Å²) >= 11 is 3.19. The number of ether oxygens (including phenoxy) is 1. The SMILES string of the molecule is O=C(OC1(c2ccccc2)CCNCC1)c1ccc(Br)cc1[N+](=O)[O-]. The monoisotopic (exact) mass is 404 g/mol. The number of rotatable bonds is 4. The molecular formula is C18H17BrN2O4. The molecule has 1 aliphatic heterocycles. The van der Waals surface area contributed by atoms with Gasteiger partial charge in [-0.1, -0.05) is 46.3 Å². The highest BCUT2D eigenvalue weighted by molar-refractivity contribution is 9.10. The van der Waals surface area contributed by atoms with Crippen LogP contribution in [0.4, 0.5) is 5.69 Å². The number of halogens is 1. The van der Waals surface area contributed by atoms with E-state index in [1.54, 1.807) is 6.07 Å². The van der Waals surface area contributed by atoms with Crippen LogP contribution >= 0.6 is 15.9 Å². The lowest BCUT2D eigenvalue weighted by atomic mass is 9.84. The lowest BCUT2D eigenvalue weighted by Gasteiger charge is -2.37. The van der Waals surface area contributed by atoms with Crippen molar-refractivity contribution in [3.63, 3.8) is 0 Å². The van der Waals surface area contributed by atoms with Crippen LogP contribution in [0.2, 0.25) is 0 Å². The number of piperidine rings is 1. The third-order valence-electron chi connectivity index (χ3n) is 4.38. The van der Waals surface area contributed by atoms with Crippen molar-refractivity contribution >= 4 is 27.6 Å². The second-order valence-corrected chi connectivity index (χ2v) is 6.83. The number of carbonyl (C=O) groups excluding carboxylic acids is 1. The largest absolute Gasteiger partial charge is 0.450 e. The minimum atomic E-state index is -0.773. The molecule has 2 aromatic rings. The molecular weight excluding hydrogens is 388 g/mol. The Balaban J connectivity index is 1.96. The summed E-state index contributed by atoms with van der Waals surface area (Å²) in [6.07, 6.45) is 1.24. The van der Waals surface area contributed by atoms with E-state index in [1.807, 2.05) is 30.3 Å². The third-order valence-corrected chi connectivity index (χ3v) is 4.87. The molecule has 0 unspecified atom stereocenters. The zero-order valence-electron chi connectivity index (χ0n) is 13.4. The predicted molar refractivity (Wildman–Crippen MR) is 96.4 cm³/mol. The van der Waals surface area contributed by atoms with Gasteiger partial charge in [0.05, 0.1) is 4.92 Å². The van der Waals surface area contributed by atoms with Crippen molar-refractivity contribution in [3.05, 3.63) is 74.2 Å². The van der Waals surface area contributed by atoms with Crippen molar-refractivity contribution in [2.75, 3.05) is 13.1 Å². The van der Waals surface area contributed by atoms with Gasteiger partial charge in [0.1, 0.15) is 11.2 Å². The number of nitro benzene ring substituents is 1. The van der Waals surface area contributed by atoms with Crippen LogP contribution in [0, 0.1) is 10.1 Å². The van der Waals surface area contributed by atoms with Gasteiger partial charge in [0.25, 0.3) is 5.69 Å². The van der Waals surface area contributed by atoms with Gasteiger partial charge in [-0.3, -0.25) is 10.1 Å². The highest BCUT2D eigenvalue weighted by atomic mass is 79.9. The molecule has 1 N–H and O–H groups in total. The van der Waals surface area contributed by atoms with Crippen molar-refractivity contribution in [2.45, 2.75) is 18.4 Å². The Hall–Kier alpha value is -2.25. The van der Waals surface area contributed by atoms with E-state index in [0.29, 0.717) is 30.4 Å². The van der Waals surface area contributed by atoms with Crippen molar-refractivity contribution < 1.29 is 14.5 Å². The predicted octanol–water partition coefficient (Wildman–Crippen LogP) is 3.79. The van der Waals surface area contributed by atoms with Crippen LogP contribution in [0.1, 0.15) is 28.8 Å². The first-order valence-corrected chi connectivity index (χ1v) is 8.75. The Morgan fingerprint density at radius 1 is 1.16 bits per heavy atom. The number of hydrogen-bond acceptors (Lipinski definition) is 5. The summed E-state index contributed by atoms with van der Waals surface area (Å²) in [5.74, 6) is -0.676. The molecule has 6 nitrogen and oxygen atoms in total. The molecule has 3 rings (SSSR count). The minimum Gasteiger partial charge on any atom is -0.450 e. The number of carbonyl (C=O) groups is 1. The van der Waals surface area contributed by atoms with Gasteiger partial charge in [-0.15, -0.1) is 0 Å². The molecule has 0 spiro atoms. The third kappa shape index (κ3) is 3.72. The van der Waals surface area contributed by atoms with Crippen molar-refractivity contribution in [2.24, 2.45) is 0 Å². The van der Waals surface area contributed by atoms with Gasteiger partial charge in [0, 0.05) is 23.4 Å². The van der Waals surface area contributed by atoms with Gasteiger partial charge in [-0.2, -0.15) is 0 Å². The Kier molecular flexibility index (Phi) is 5.15. The Bertz CT molecular complexity index is 789. The van der Waals surface area contributed by atoms with Gasteiger partial charge in [-0.05, 0) is 30.8 Å². The summed E-state index contributed by atoms with van der Waals surface area (Å²) in [7, 11) is 0. The molecule has 130 valence electrons. The van der Waals surface area contributed by atoms with E-state index < -0.39 is 16.5 Å². The standard InChI is InChI=1S/C18H17BrN2O4/c19-14-6-7-15(16(12-14)21(23)24)17(22)25-18(8-10-20-11-9-18)13-4-2-1-3-5-13/h1-7,12,20H,8-11H2. The van der Waals surface area contributed by atoms with Crippen LogP contribution in [-0.2, 0) is 10.3 Å². The highest BCUT2D eigenvalue weighted by Crippen LogP contribution is 2.36. The lowest BCUT2D eigenvalue weighted by Crippen LogP contribution is -2.43. The molecule has 7 heteroatoms. The summed E-state index contributed by atoms with van der Waals surface area (Å²) in [4.78, 5) is 23.5. The summed E-state index contributed by atoms with van der Waals surface area (Å²) < 4.78 is 6.42. The summed E-state index contributed by atoms with van der Waals surface area (Å²) in [6.45, 7) is 1.43. The summed E-state index contributed by atoms with van der Waals surface area (Å²) in [5, 5.41) is 14.5. The maximum Gasteiger partial charge on any atom is 0.346 e. The van der Waals surface area contributed by atoms with Crippen LogP contribution in [0.5, 0.6) is 0 Å². The van der Waals surface area contributed by atoms with Crippen LogP contribution < -0.4 is 5.32 Å². The Morgan fingerprint density at radius 2 is 1.84 bits per heavy atom. The molecule has 0 radical (unpaired) electrons. The molecule has 1 aliphatic rings. The van der Waals surface area contributed by atoms with Crippen LogP contribution in [-0.4, -0.2) is 24.0 Å². The fraction of sp³-hybridized carbons (Fsp3) is 0.278. The molecule has 0 amide bonds. The van der Waals surface area contributed by atoms with Crippen LogP contribution in [0.15, 0.2) is 53.0 Å². The van der Waals surface area contributed by atoms with Crippen molar-refractivity contribution in [1.29, 1.82) is 0 Å². The van der Waals surface area contributed by atoms with E-state index in [4.69, 9.17) is 4.74 Å². The number of hydrogen-bond donors (Lipinski definition) is 1. The zero-order valence-corrected chi connectivity index (χ0v) is 15.0. The van der Waals surface area contributed by atoms with Crippen LogP contribution in [0.25, 0.3) is 0 Å². The quantitative estimate of drug-likeness (QED) is 0.476. The lowest BCUT2D eigenvalue weighted by molar-refractivity contribution is -0.385. The molecule has 1 fully saturated rings. The molecule has 1 heterocycles. The normalized spacial score (nSPS) is 16.2. The Morgan fingerprint density at radius 3 is 2.48 bits per heavy atom. The van der Waals surface area contributed by atoms with E-state index in [1.165, 1.54) is 12.1 Å². The number of nitrogens with one attached hydrogen (secondary N) is 1. The first-order chi connectivity index (χ1) is 12.0. The maximum absolute atomic E-state index is 12.8. The van der Waals surface area contributed by atoms with Gasteiger partial charge in [-0.25, -0.2) is 4.79 Å². The van der Waals surface area contributed by atoms with Crippen molar-refractivity contribution in [3.8, 4) is 0 Å². The molecule has 0 saturated carbocycles. The molecule has 25 heavy (non-hydrogen) atoms. The minimum absolute atomic E-state index is 0.0398. The van der Waals surface area contributed by atoms with E-state index in [-0.39, 0.29) is 11.3 Å². The first kappa shape index (κ1) is 17.6. The summed E-state index contributed by atoms with van der Waals surface area (Å²) in [6, 6.07) is 13.9. The van der Waals surface area contributed by atoms with Gasteiger partial charge < -0.3 is 10.1 Å². The average Bonchev–Trinajstić information content (AvgIpc) is 2.63. The van der Waals surface area contributed by atoms with Gasteiger partial charge in [0.2, 0.25) is 0 Å². The van der Waals surface area contributed by atoms with Crippen LogP contribution in [0.3, 0.4) is 0 Å². The Labute approximate surface area is 153 Å². The molecule has 0 aliphatic carbocycles.